The van der Waals surface area contributed by atoms with Crippen LogP contribution < -0.4 is 5.32 Å². The van der Waals surface area contributed by atoms with E-state index in [4.69, 9.17) is 0 Å². The maximum absolute atomic E-state index is 4.23. The lowest BCUT2D eigenvalue weighted by molar-refractivity contribution is 0.921. The topological polar surface area (TPSA) is 63.6 Å². The summed E-state index contributed by atoms with van der Waals surface area (Å²) in [6.45, 7) is 0.607. The molecule has 0 radical (unpaired) electrons. The Morgan fingerprint density at radius 1 is 1.24 bits per heavy atom. The van der Waals surface area contributed by atoms with Crippen molar-refractivity contribution in [1.82, 2.24) is 20.2 Å². The molecule has 0 atom stereocenters. The first kappa shape index (κ1) is 10.1. The van der Waals surface area contributed by atoms with Crippen LogP contribution in [0.3, 0.4) is 0 Å². The summed E-state index contributed by atoms with van der Waals surface area (Å²) in [6.07, 6.45) is 3.23. The van der Waals surface area contributed by atoms with Crippen molar-refractivity contribution in [1.29, 1.82) is 0 Å². The number of hydrogen-bond acceptors (Lipinski definition) is 6. The first-order valence-electron chi connectivity index (χ1n) is 5.12. The number of aromatic nitrogens is 4. The fourth-order valence-electron chi connectivity index (χ4n) is 1.53. The quantitative estimate of drug-likeness (QED) is 0.763. The molecule has 0 aliphatic rings. The van der Waals surface area contributed by atoms with Crippen LogP contribution in [0.25, 0.3) is 10.2 Å². The van der Waals surface area contributed by atoms with Crippen LogP contribution in [-0.4, -0.2) is 20.2 Å². The third kappa shape index (κ3) is 2.07. The second-order valence-electron chi connectivity index (χ2n) is 3.43. The van der Waals surface area contributed by atoms with Crippen LogP contribution in [0.1, 0.15) is 5.69 Å². The number of rotatable bonds is 3. The minimum absolute atomic E-state index is 0.607. The van der Waals surface area contributed by atoms with Crippen LogP contribution in [0.4, 0.5) is 5.82 Å². The van der Waals surface area contributed by atoms with Crippen LogP contribution >= 0.6 is 11.3 Å². The molecule has 3 aromatic heterocycles. The molecule has 0 fully saturated rings. The summed E-state index contributed by atoms with van der Waals surface area (Å²) in [5.74, 6) is 0.835. The molecule has 1 N–H and O–H groups in total. The van der Waals surface area contributed by atoms with Gasteiger partial charge in [-0.2, -0.15) is 10.2 Å². The van der Waals surface area contributed by atoms with Gasteiger partial charge in [0.05, 0.1) is 17.6 Å². The van der Waals surface area contributed by atoms with E-state index in [1.54, 1.807) is 23.9 Å². The molecule has 0 aromatic carbocycles. The van der Waals surface area contributed by atoms with Gasteiger partial charge >= 0.3 is 0 Å². The molecule has 6 heteroatoms. The number of anilines is 1. The van der Waals surface area contributed by atoms with Crippen molar-refractivity contribution >= 4 is 27.4 Å². The summed E-state index contributed by atoms with van der Waals surface area (Å²) in [6, 6.07) is 5.80. The molecule has 0 unspecified atom stereocenters. The van der Waals surface area contributed by atoms with Gasteiger partial charge in [-0.1, -0.05) is 0 Å². The van der Waals surface area contributed by atoms with E-state index in [0.29, 0.717) is 6.54 Å². The van der Waals surface area contributed by atoms with Crippen molar-refractivity contribution in [2.45, 2.75) is 6.54 Å². The summed E-state index contributed by atoms with van der Waals surface area (Å²) in [5.41, 5.74) is 0.884. The number of thiophene rings is 1. The van der Waals surface area contributed by atoms with Crippen LogP contribution in [0.5, 0.6) is 0 Å². The Kier molecular flexibility index (Phi) is 2.63. The van der Waals surface area contributed by atoms with E-state index in [1.807, 2.05) is 23.6 Å². The third-order valence-electron chi connectivity index (χ3n) is 2.33. The number of nitrogens with zero attached hydrogens (tertiary/aromatic N) is 4. The van der Waals surface area contributed by atoms with E-state index >= 15 is 0 Å². The van der Waals surface area contributed by atoms with Crippen LogP contribution in [0.15, 0.2) is 36.1 Å². The van der Waals surface area contributed by atoms with E-state index in [1.165, 1.54) is 0 Å². The molecule has 0 bridgehead atoms. The number of fused-ring (bicyclic) bond motifs is 1. The second kappa shape index (κ2) is 4.42. The van der Waals surface area contributed by atoms with Gasteiger partial charge in [-0.3, -0.25) is 0 Å². The summed E-state index contributed by atoms with van der Waals surface area (Å²) < 4.78 is 0. The van der Waals surface area contributed by atoms with Gasteiger partial charge in [-0.15, -0.1) is 11.3 Å². The molecule has 5 nitrogen and oxygen atoms in total. The Bertz CT molecular complexity index is 622. The highest BCUT2D eigenvalue weighted by atomic mass is 32.1. The zero-order valence-corrected chi connectivity index (χ0v) is 9.68. The highest BCUT2D eigenvalue weighted by Gasteiger charge is 2.04. The van der Waals surface area contributed by atoms with Crippen LogP contribution in [-0.2, 0) is 6.54 Å². The lowest BCUT2D eigenvalue weighted by Gasteiger charge is -2.04. The molecule has 0 amide bonds. The Labute approximate surface area is 102 Å². The van der Waals surface area contributed by atoms with E-state index in [9.17, 15) is 0 Å². The molecule has 3 aromatic rings. The lowest BCUT2D eigenvalue weighted by atomic mass is 10.3. The standard InChI is InChI=1S/C11H9N5S/c1-2-8(16-15-4-1)6-12-10-9-3-5-17-11(9)14-7-13-10/h1-5,7H,6H2,(H,12,13,14). The molecule has 0 saturated carbocycles. The molecule has 0 aliphatic heterocycles. The smallest absolute Gasteiger partial charge is 0.138 e. The zero-order valence-electron chi connectivity index (χ0n) is 8.87. The molecule has 0 saturated heterocycles. The van der Waals surface area contributed by atoms with Gasteiger partial charge < -0.3 is 5.32 Å². The Morgan fingerprint density at radius 2 is 2.24 bits per heavy atom. The van der Waals surface area contributed by atoms with Gasteiger partial charge in [0.15, 0.2) is 0 Å². The van der Waals surface area contributed by atoms with Gasteiger partial charge in [-0.05, 0) is 23.6 Å². The van der Waals surface area contributed by atoms with Gasteiger partial charge in [-0.25, -0.2) is 9.97 Å². The van der Waals surface area contributed by atoms with Crippen LogP contribution in [0.2, 0.25) is 0 Å². The van der Waals surface area contributed by atoms with Crippen molar-refractivity contribution in [3.8, 4) is 0 Å². The van der Waals surface area contributed by atoms with Crippen LogP contribution in [0, 0.1) is 0 Å². The molecule has 3 heterocycles. The fraction of sp³-hybridized carbons (Fsp3) is 0.0909. The average Bonchev–Trinajstić information content (AvgIpc) is 2.86. The maximum atomic E-state index is 4.23. The summed E-state index contributed by atoms with van der Waals surface area (Å²) >= 11 is 1.60. The molecule has 3 rings (SSSR count). The third-order valence-corrected chi connectivity index (χ3v) is 3.15. The molecular weight excluding hydrogens is 234 g/mol. The summed E-state index contributed by atoms with van der Waals surface area (Å²) in [7, 11) is 0. The van der Waals surface area contributed by atoms with Gasteiger partial charge in [0, 0.05) is 6.20 Å². The minimum Gasteiger partial charge on any atom is -0.364 e. The zero-order chi connectivity index (χ0) is 11.5. The SMILES string of the molecule is c1cnnc(CNc2ncnc3sccc23)c1. The van der Waals surface area contributed by atoms with Gasteiger partial charge in [0.2, 0.25) is 0 Å². The molecular formula is C11H9N5S. The first-order valence-corrected chi connectivity index (χ1v) is 6.00. The van der Waals surface area contributed by atoms with E-state index in [2.05, 4.69) is 25.5 Å². The van der Waals surface area contributed by atoms with E-state index in [0.717, 1.165) is 21.7 Å². The fourth-order valence-corrected chi connectivity index (χ4v) is 2.27. The highest BCUT2D eigenvalue weighted by molar-refractivity contribution is 7.16. The largest absolute Gasteiger partial charge is 0.364 e. The van der Waals surface area contributed by atoms with Crippen molar-refractivity contribution in [3.05, 3.63) is 41.8 Å². The molecule has 0 spiro atoms. The Balaban J connectivity index is 1.84. The second-order valence-corrected chi connectivity index (χ2v) is 4.32. The normalized spacial score (nSPS) is 10.6. The number of nitrogens with one attached hydrogen (secondary N) is 1. The minimum atomic E-state index is 0.607. The summed E-state index contributed by atoms with van der Waals surface area (Å²) in [5, 5.41) is 14.1. The highest BCUT2D eigenvalue weighted by Crippen LogP contribution is 2.23. The summed E-state index contributed by atoms with van der Waals surface area (Å²) in [4.78, 5) is 9.41. The van der Waals surface area contributed by atoms with Crippen molar-refractivity contribution in [3.63, 3.8) is 0 Å². The van der Waals surface area contributed by atoms with Gasteiger partial charge in [0.1, 0.15) is 17.0 Å². The van der Waals surface area contributed by atoms with Gasteiger partial charge in [0.25, 0.3) is 0 Å². The predicted octanol–water partition coefficient (Wildman–Crippen LogP) is 2.09. The molecule has 17 heavy (non-hydrogen) atoms. The molecule has 84 valence electrons. The van der Waals surface area contributed by atoms with E-state index < -0.39 is 0 Å². The Morgan fingerprint density at radius 3 is 3.12 bits per heavy atom. The Hall–Kier alpha value is -2.08. The maximum Gasteiger partial charge on any atom is 0.138 e. The predicted molar refractivity (Wildman–Crippen MR) is 66.8 cm³/mol. The van der Waals surface area contributed by atoms with Crippen molar-refractivity contribution in [2.75, 3.05) is 5.32 Å². The van der Waals surface area contributed by atoms with E-state index in [-0.39, 0.29) is 0 Å². The average molecular weight is 243 g/mol. The van der Waals surface area contributed by atoms with Crippen molar-refractivity contribution < 1.29 is 0 Å². The molecule has 0 aliphatic carbocycles. The van der Waals surface area contributed by atoms with Crippen molar-refractivity contribution in [2.24, 2.45) is 0 Å². The lowest BCUT2D eigenvalue weighted by Crippen LogP contribution is -2.04. The number of hydrogen-bond donors (Lipinski definition) is 1. The monoisotopic (exact) mass is 243 g/mol. The first-order chi connectivity index (χ1) is 8.43.